The number of benzene rings is 2. The summed E-state index contributed by atoms with van der Waals surface area (Å²) in [5.41, 5.74) is 3.49. The van der Waals surface area contributed by atoms with Gasteiger partial charge in [-0.05, 0) is 50.1 Å². The monoisotopic (exact) mass is 418 g/mol. The van der Waals surface area contributed by atoms with Crippen molar-refractivity contribution in [1.82, 2.24) is 10.2 Å². The second-order valence-electron chi connectivity index (χ2n) is 7.78. The van der Waals surface area contributed by atoms with Crippen LogP contribution in [0, 0.1) is 25.2 Å². The van der Waals surface area contributed by atoms with Gasteiger partial charge in [-0.2, -0.15) is 10.4 Å². The van der Waals surface area contributed by atoms with E-state index in [0.29, 0.717) is 36.1 Å². The Labute approximate surface area is 182 Å². The van der Waals surface area contributed by atoms with E-state index in [9.17, 15) is 5.26 Å². The molecule has 2 atom stereocenters. The highest BCUT2D eigenvalue weighted by Gasteiger charge is 2.21. The van der Waals surface area contributed by atoms with Crippen molar-refractivity contribution in [3.63, 3.8) is 0 Å². The van der Waals surface area contributed by atoms with E-state index in [-0.39, 0.29) is 12.1 Å². The molecule has 1 aliphatic rings. The van der Waals surface area contributed by atoms with Gasteiger partial charge in [0.1, 0.15) is 6.10 Å². The number of anilines is 1. The highest BCUT2D eigenvalue weighted by molar-refractivity contribution is 5.95. The number of aryl methyl sites for hydroxylation is 1. The van der Waals surface area contributed by atoms with Crippen LogP contribution in [0.25, 0.3) is 10.8 Å². The van der Waals surface area contributed by atoms with Crippen LogP contribution in [0.4, 0.5) is 5.82 Å². The molecule has 0 spiro atoms. The van der Waals surface area contributed by atoms with E-state index in [0.717, 1.165) is 34.0 Å². The number of ether oxygens (including phenoxy) is 3. The zero-order valence-electron chi connectivity index (χ0n) is 18.2. The number of hydrogen-bond acceptors (Lipinski definition) is 7. The predicted molar refractivity (Wildman–Crippen MR) is 119 cm³/mol. The second-order valence-corrected chi connectivity index (χ2v) is 7.78. The van der Waals surface area contributed by atoms with Gasteiger partial charge in [-0.15, -0.1) is 5.10 Å². The van der Waals surface area contributed by atoms with Crippen molar-refractivity contribution in [3.05, 3.63) is 52.7 Å². The molecule has 3 aromatic rings. The maximum absolute atomic E-state index is 9.36. The van der Waals surface area contributed by atoms with Crippen LogP contribution < -0.4 is 14.8 Å². The molecule has 2 aromatic carbocycles. The minimum atomic E-state index is -0.0665. The quantitative estimate of drug-likeness (QED) is 0.632. The van der Waals surface area contributed by atoms with Crippen molar-refractivity contribution >= 4 is 16.6 Å². The summed E-state index contributed by atoms with van der Waals surface area (Å²) < 4.78 is 17.2. The molecular formula is C24H26N4O3. The fourth-order valence-electron chi connectivity index (χ4n) is 3.96. The summed E-state index contributed by atoms with van der Waals surface area (Å²) in [5, 5.41) is 23.4. The van der Waals surface area contributed by atoms with E-state index < -0.39 is 0 Å². The molecule has 4 rings (SSSR count). The van der Waals surface area contributed by atoms with E-state index in [4.69, 9.17) is 14.2 Å². The number of fused-ring (bicyclic) bond motifs is 1. The number of aromatic nitrogens is 2. The number of nitrogens with zero attached hydrogens (tertiary/aromatic N) is 3. The molecule has 0 saturated carbocycles. The van der Waals surface area contributed by atoms with E-state index in [1.54, 1.807) is 7.11 Å². The third-order valence-electron chi connectivity index (χ3n) is 5.75. The molecule has 0 aliphatic carbocycles. The second kappa shape index (κ2) is 8.78. The van der Waals surface area contributed by atoms with Crippen molar-refractivity contribution in [2.24, 2.45) is 0 Å². The van der Waals surface area contributed by atoms with Gasteiger partial charge in [0.2, 0.25) is 0 Å². The van der Waals surface area contributed by atoms with Crippen molar-refractivity contribution in [2.75, 3.05) is 25.6 Å². The summed E-state index contributed by atoms with van der Waals surface area (Å²) >= 11 is 0. The molecule has 1 saturated heterocycles. The fraction of sp³-hybridized carbons (Fsp3) is 0.375. The van der Waals surface area contributed by atoms with Crippen LogP contribution in [0.15, 0.2) is 30.3 Å². The Bertz CT molecular complexity index is 1150. The van der Waals surface area contributed by atoms with Crippen LogP contribution in [-0.4, -0.2) is 36.6 Å². The summed E-state index contributed by atoms with van der Waals surface area (Å²) in [6, 6.07) is 11.8. The average molecular weight is 418 g/mol. The highest BCUT2D eigenvalue weighted by atomic mass is 16.6. The Morgan fingerprint density at radius 3 is 2.71 bits per heavy atom. The largest absolute Gasteiger partial charge is 0.493 e. The average Bonchev–Trinajstić information content (AvgIpc) is 3.28. The summed E-state index contributed by atoms with van der Waals surface area (Å²) in [7, 11) is 1.63. The minimum absolute atomic E-state index is 0.00828. The van der Waals surface area contributed by atoms with Gasteiger partial charge in [-0.1, -0.05) is 12.1 Å². The van der Waals surface area contributed by atoms with Crippen molar-refractivity contribution in [1.29, 1.82) is 5.26 Å². The van der Waals surface area contributed by atoms with Gasteiger partial charge in [-0.3, -0.25) is 0 Å². The number of hydrogen-bond donors (Lipinski definition) is 1. The van der Waals surface area contributed by atoms with Crippen molar-refractivity contribution in [3.8, 4) is 17.6 Å². The molecule has 160 valence electrons. The molecule has 0 bridgehead atoms. The molecule has 7 nitrogen and oxygen atoms in total. The third kappa shape index (κ3) is 4.12. The topological polar surface area (TPSA) is 89.3 Å². The molecule has 0 amide bonds. The Morgan fingerprint density at radius 1 is 1.19 bits per heavy atom. The SMILES string of the molecule is COc1cc2c(C)nnc(N[C@H](C)c3cccc(C#N)c3C)c2cc1O[C@H]1CCOC1. The number of nitrogens with one attached hydrogen (secondary N) is 1. The lowest BCUT2D eigenvalue weighted by Gasteiger charge is -2.20. The molecule has 0 unspecified atom stereocenters. The van der Waals surface area contributed by atoms with Crippen LogP contribution in [0.3, 0.4) is 0 Å². The normalized spacial score (nSPS) is 16.7. The van der Waals surface area contributed by atoms with Gasteiger partial charge in [0, 0.05) is 17.2 Å². The fourth-order valence-corrected chi connectivity index (χ4v) is 3.96. The molecule has 1 aliphatic heterocycles. The number of rotatable bonds is 6. The predicted octanol–water partition coefficient (Wildman–Crippen LogP) is 4.47. The first kappa shape index (κ1) is 20.9. The lowest BCUT2D eigenvalue weighted by molar-refractivity contribution is 0.139. The molecule has 1 fully saturated rings. The molecule has 7 heteroatoms. The summed E-state index contributed by atoms with van der Waals surface area (Å²) in [4.78, 5) is 0. The molecule has 31 heavy (non-hydrogen) atoms. The molecule has 0 radical (unpaired) electrons. The van der Waals surface area contributed by atoms with Gasteiger partial charge < -0.3 is 19.5 Å². The highest BCUT2D eigenvalue weighted by Crippen LogP contribution is 2.37. The standard InChI is InChI=1S/C24H26N4O3/c1-14-17(12-25)6-5-7-19(14)15(2)26-24-21-11-23(31-18-8-9-30-13-18)22(29-4)10-20(21)16(3)27-28-24/h5-7,10-11,15,18H,8-9,13H2,1-4H3,(H,26,28)/t15-,18+/m1/s1. The van der Waals surface area contributed by atoms with Crippen LogP contribution in [0.5, 0.6) is 11.5 Å². The lowest BCUT2D eigenvalue weighted by Crippen LogP contribution is -2.16. The third-order valence-corrected chi connectivity index (χ3v) is 5.75. The van der Waals surface area contributed by atoms with E-state index in [1.807, 2.05) is 51.1 Å². The summed E-state index contributed by atoms with van der Waals surface area (Å²) in [6.45, 7) is 7.22. The zero-order chi connectivity index (χ0) is 22.0. The first-order valence-electron chi connectivity index (χ1n) is 10.4. The maximum atomic E-state index is 9.36. The van der Waals surface area contributed by atoms with Crippen molar-refractivity contribution < 1.29 is 14.2 Å². The van der Waals surface area contributed by atoms with Crippen molar-refractivity contribution in [2.45, 2.75) is 39.3 Å². The Kier molecular flexibility index (Phi) is 5.92. The van der Waals surface area contributed by atoms with Crippen LogP contribution in [-0.2, 0) is 4.74 Å². The van der Waals surface area contributed by atoms with Crippen LogP contribution in [0.2, 0.25) is 0 Å². The Hall–Kier alpha value is -3.37. The van der Waals surface area contributed by atoms with Gasteiger partial charge in [0.05, 0.1) is 43.7 Å². The molecular weight excluding hydrogens is 392 g/mol. The lowest BCUT2D eigenvalue weighted by atomic mass is 9.98. The Morgan fingerprint density at radius 2 is 2.00 bits per heavy atom. The van der Waals surface area contributed by atoms with E-state index in [2.05, 4.69) is 21.6 Å². The molecule has 1 N–H and O–H groups in total. The van der Waals surface area contributed by atoms with E-state index in [1.165, 1.54) is 0 Å². The van der Waals surface area contributed by atoms with E-state index >= 15 is 0 Å². The minimum Gasteiger partial charge on any atom is -0.493 e. The Balaban J connectivity index is 1.73. The van der Waals surface area contributed by atoms with Crippen LogP contribution >= 0.6 is 0 Å². The van der Waals surface area contributed by atoms with Gasteiger partial charge in [-0.25, -0.2) is 0 Å². The van der Waals surface area contributed by atoms with Crippen LogP contribution in [0.1, 0.15) is 41.8 Å². The van der Waals surface area contributed by atoms with Gasteiger partial charge in [0.25, 0.3) is 0 Å². The molecule has 1 aromatic heterocycles. The first-order chi connectivity index (χ1) is 15.0. The maximum Gasteiger partial charge on any atom is 0.162 e. The van der Waals surface area contributed by atoms with Gasteiger partial charge in [0.15, 0.2) is 17.3 Å². The number of methoxy groups -OCH3 is 1. The van der Waals surface area contributed by atoms with Gasteiger partial charge >= 0.3 is 0 Å². The summed E-state index contributed by atoms with van der Waals surface area (Å²) in [6.07, 6.45) is 0.861. The first-order valence-corrected chi connectivity index (χ1v) is 10.4. The number of nitriles is 1. The smallest absolute Gasteiger partial charge is 0.162 e. The zero-order valence-corrected chi connectivity index (χ0v) is 18.2. The molecule has 2 heterocycles. The summed E-state index contributed by atoms with van der Waals surface area (Å²) in [5.74, 6) is 1.98.